The lowest BCUT2D eigenvalue weighted by Gasteiger charge is -2.34. The summed E-state index contributed by atoms with van der Waals surface area (Å²) in [6.07, 6.45) is 5.35. The Morgan fingerprint density at radius 3 is 2.65 bits per heavy atom. The van der Waals surface area contributed by atoms with Crippen molar-refractivity contribution >= 4 is 38.9 Å². The van der Waals surface area contributed by atoms with Crippen molar-refractivity contribution in [1.82, 2.24) is 5.32 Å². The van der Waals surface area contributed by atoms with Crippen LogP contribution in [0.25, 0.3) is 0 Å². The monoisotopic (exact) mass is 335 g/mol. The summed E-state index contributed by atoms with van der Waals surface area (Å²) >= 11 is 11.5. The fourth-order valence-electron chi connectivity index (χ4n) is 2.87. The zero-order valence-electron chi connectivity index (χ0n) is 10.4. The molecule has 17 heavy (non-hydrogen) atoms. The van der Waals surface area contributed by atoms with Crippen molar-refractivity contribution in [2.75, 3.05) is 6.54 Å². The van der Waals surface area contributed by atoms with Gasteiger partial charge >= 0.3 is 0 Å². The van der Waals surface area contributed by atoms with Gasteiger partial charge in [-0.1, -0.05) is 38.3 Å². The van der Waals surface area contributed by atoms with Crippen LogP contribution in [0.2, 0.25) is 5.02 Å². The summed E-state index contributed by atoms with van der Waals surface area (Å²) in [5, 5.41) is 4.49. The van der Waals surface area contributed by atoms with Crippen molar-refractivity contribution in [2.45, 2.75) is 45.6 Å². The van der Waals surface area contributed by atoms with Gasteiger partial charge < -0.3 is 5.32 Å². The molecule has 0 aromatic carbocycles. The van der Waals surface area contributed by atoms with Gasteiger partial charge in [-0.15, -0.1) is 11.3 Å². The Kier molecular flexibility index (Phi) is 4.56. The maximum absolute atomic E-state index is 6.16. The molecule has 4 heteroatoms. The third kappa shape index (κ3) is 2.89. The van der Waals surface area contributed by atoms with Crippen LogP contribution in [0.3, 0.4) is 0 Å². The van der Waals surface area contributed by atoms with E-state index in [0.29, 0.717) is 11.5 Å². The van der Waals surface area contributed by atoms with Crippen LogP contribution >= 0.6 is 38.9 Å². The zero-order valence-corrected chi connectivity index (χ0v) is 13.5. The van der Waals surface area contributed by atoms with Crippen molar-refractivity contribution in [2.24, 2.45) is 5.41 Å². The highest BCUT2D eigenvalue weighted by Crippen LogP contribution is 2.49. The van der Waals surface area contributed by atoms with Gasteiger partial charge in [0.05, 0.1) is 8.81 Å². The first-order valence-corrected chi connectivity index (χ1v) is 8.23. The lowest BCUT2D eigenvalue weighted by Crippen LogP contribution is -2.33. The Balaban J connectivity index is 2.28. The molecule has 1 heterocycles. The molecule has 1 aromatic heterocycles. The molecule has 1 aliphatic carbocycles. The van der Waals surface area contributed by atoms with E-state index in [9.17, 15) is 0 Å². The first-order chi connectivity index (χ1) is 8.07. The number of halogens is 2. The van der Waals surface area contributed by atoms with Gasteiger partial charge in [0.2, 0.25) is 0 Å². The molecule has 1 aliphatic rings. The van der Waals surface area contributed by atoms with E-state index in [0.717, 1.165) is 15.4 Å². The molecule has 2 rings (SSSR count). The molecule has 0 spiro atoms. The second-order valence-electron chi connectivity index (χ2n) is 5.12. The molecule has 0 amide bonds. The first kappa shape index (κ1) is 13.9. The summed E-state index contributed by atoms with van der Waals surface area (Å²) in [7, 11) is 0. The van der Waals surface area contributed by atoms with E-state index in [-0.39, 0.29) is 0 Å². The fourth-order valence-corrected chi connectivity index (χ4v) is 4.87. The largest absolute Gasteiger partial charge is 0.309 e. The predicted octanol–water partition coefficient (Wildman–Crippen LogP) is 5.39. The summed E-state index contributed by atoms with van der Waals surface area (Å²) in [4.78, 5) is 1.37. The highest BCUT2D eigenvalue weighted by molar-refractivity contribution is 9.11. The van der Waals surface area contributed by atoms with Gasteiger partial charge in [0.1, 0.15) is 0 Å². The minimum Gasteiger partial charge on any atom is -0.309 e. The average molecular weight is 337 g/mol. The van der Waals surface area contributed by atoms with E-state index < -0.39 is 0 Å². The smallest absolute Gasteiger partial charge is 0.0888 e. The van der Waals surface area contributed by atoms with Crippen molar-refractivity contribution in [3.05, 3.63) is 19.8 Å². The third-order valence-corrected chi connectivity index (χ3v) is 6.34. The number of hydrogen-bond donors (Lipinski definition) is 1. The molecule has 1 aromatic rings. The molecule has 1 fully saturated rings. The van der Waals surface area contributed by atoms with E-state index >= 15 is 0 Å². The quantitative estimate of drug-likeness (QED) is 0.776. The van der Waals surface area contributed by atoms with Crippen molar-refractivity contribution in [3.8, 4) is 0 Å². The van der Waals surface area contributed by atoms with Crippen LogP contribution in [0, 0.1) is 5.41 Å². The fraction of sp³-hybridized carbons (Fsp3) is 0.692. The average Bonchev–Trinajstić information content (AvgIpc) is 2.84. The maximum Gasteiger partial charge on any atom is 0.0888 e. The standard InChI is InChI=1S/C13H19BrClNS/c1-3-16-11(13(2)6-4-5-7-13)10-8-9(15)12(14)17-10/h8,11,16H,3-7H2,1-2H3. The van der Waals surface area contributed by atoms with Crippen LogP contribution in [0.5, 0.6) is 0 Å². The molecular formula is C13H19BrClNS. The second kappa shape index (κ2) is 5.60. The Morgan fingerprint density at radius 1 is 1.53 bits per heavy atom. The topological polar surface area (TPSA) is 12.0 Å². The molecule has 1 saturated carbocycles. The van der Waals surface area contributed by atoms with E-state index in [4.69, 9.17) is 11.6 Å². The van der Waals surface area contributed by atoms with Crippen LogP contribution in [-0.2, 0) is 0 Å². The molecule has 96 valence electrons. The predicted molar refractivity (Wildman–Crippen MR) is 80.0 cm³/mol. The molecule has 1 nitrogen and oxygen atoms in total. The van der Waals surface area contributed by atoms with Crippen LogP contribution in [0.4, 0.5) is 0 Å². The minimum absolute atomic E-state index is 0.392. The Hall–Kier alpha value is 0.430. The zero-order chi connectivity index (χ0) is 12.5. The summed E-state index contributed by atoms with van der Waals surface area (Å²) < 4.78 is 1.05. The number of nitrogens with one attached hydrogen (secondary N) is 1. The lowest BCUT2D eigenvalue weighted by atomic mass is 9.80. The molecule has 0 saturated heterocycles. The minimum atomic E-state index is 0.392. The molecule has 1 atom stereocenters. The Morgan fingerprint density at radius 2 is 2.18 bits per heavy atom. The van der Waals surface area contributed by atoms with Gasteiger partial charge in [-0.05, 0) is 46.8 Å². The van der Waals surface area contributed by atoms with Crippen molar-refractivity contribution < 1.29 is 0 Å². The summed E-state index contributed by atoms with van der Waals surface area (Å²) in [6.45, 7) is 5.60. The van der Waals surface area contributed by atoms with Gasteiger partial charge in [-0.2, -0.15) is 0 Å². The molecule has 0 aliphatic heterocycles. The molecule has 1 N–H and O–H groups in total. The Labute approximate surface area is 121 Å². The van der Waals surface area contributed by atoms with Gasteiger partial charge in [0, 0.05) is 10.9 Å². The number of thiophene rings is 1. The van der Waals surface area contributed by atoms with Crippen LogP contribution in [0.15, 0.2) is 9.85 Å². The van der Waals surface area contributed by atoms with Gasteiger partial charge in [-0.25, -0.2) is 0 Å². The van der Waals surface area contributed by atoms with Crippen LogP contribution in [0.1, 0.15) is 50.4 Å². The maximum atomic E-state index is 6.16. The van der Waals surface area contributed by atoms with Gasteiger partial charge in [-0.3, -0.25) is 0 Å². The van der Waals surface area contributed by atoms with Crippen LogP contribution in [-0.4, -0.2) is 6.54 Å². The summed E-state index contributed by atoms with van der Waals surface area (Å²) in [5.74, 6) is 0. The SMILES string of the molecule is CCNC(c1cc(Cl)c(Br)s1)C1(C)CCCC1. The summed E-state index contributed by atoms with van der Waals surface area (Å²) in [6, 6.07) is 2.57. The van der Waals surface area contributed by atoms with E-state index in [2.05, 4.69) is 41.2 Å². The number of rotatable bonds is 4. The van der Waals surface area contributed by atoms with Gasteiger partial charge in [0.25, 0.3) is 0 Å². The highest BCUT2D eigenvalue weighted by atomic mass is 79.9. The summed E-state index contributed by atoms with van der Waals surface area (Å²) in [5.41, 5.74) is 0.392. The van der Waals surface area contributed by atoms with E-state index in [1.165, 1.54) is 30.6 Å². The molecule has 1 unspecified atom stereocenters. The molecular weight excluding hydrogens is 318 g/mol. The van der Waals surface area contributed by atoms with Crippen molar-refractivity contribution in [3.63, 3.8) is 0 Å². The normalized spacial score (nSPS) is 20.7. The second-order valence-corrected chi connectivity index (χ2v) is 7.93. The Bertz CT molecular complexity index is 365. The highest BCUT2D eigenvalue weighted by Gasteiger charge is 2.38. The molecule has 0 bridgehead atoms. The third-order valence-electron chi connectivity index (χ3n) is 3.80. The first-order valence-electron chi connectivity index (χ1n) is 6.25. The van der Waals surface area contributed by atoms with E-state index in [1.807, 2.05) is 0 Å². The van der Waals surface area contributed by atoms with Gasteiger partial charge in [0.15, 0.2) is 0 Å². The lowest BCUT2D eigenvalue weighted by molar-refractivity contribution is 0.229. The van der Waals surface area contributed by atoms with E-state index in [1.54, 1.807) is 11.3 Å². The number of hydrogen-bond acceptors (Lipinski definition) is 2. The van der Waals surface area contributed by atoms with Crippen LogP contribution < -0.4 is 5.32 Å². The van der Waals surface area contributed by atoms with Crippen molar-refractivity contribution in [1.29, 1.82) is 0 Å². The molecule has 0 radical (unpaired) electrons.